The molecule has 0 saturated carbocycles. The van der Waals surface area contributed by atoms with Crippen molar-refractivity contribution >= 4 is 34.1 Å². The lowest BCUT2D eigenvalue weighted by Crippen LogP contribution is -2.14. The van der Waals surface area contributed by atoms with Gasteiger partial charge in [0.25, 0.3) is 0 Å². The Morgan fingerprint density at radius 1 is 1.21 bits per heavy atom. The first-order chi connectivity index (χ1) is 13.4. The second-order valence-electron chi connectivity index (χ2n) is 6.76. The molecule has 28 heavy (non-hydrogen) atoms. The summed E-state index contributed by atoms with van der Waals surface area (Å²) in [7, 11) is 1.66. The van der Waals surface area contributed by atoms with E-state index in [9.17, 15) is 4.79 Å². The third-order valence-corrected chi connectivity index (χ3v) is 5.87. The highest BCUT2D eigenvalue weighted by Gasteiger charge is 2.10. The smallest absolute Gasteiger partial charge is 0.230 e. The van der Waals surface area contributed by atoms with Gasteiger partial charge in [-0.1, -0.05) is 26.0 Å². The van der Waals surface area contributed by atoms with Crippen LogP contribution >= 0.6 is 23.1 Å². The number of nitrogens with one attached hydrogen (secondary N) is 1. The van der Waals surface area contributed by atoms with E-state index >= 15 is 0 Å². The number of aryl methyl sites for hydroxylation is 1. The van der Waals surface area contributed by atoms with E-state index < -0.39 is 0 Å². The lowest BCUT2D eigenvalue weighted by molar-refractivity contribution is -0.115. The van der Waals surface area contributed by atoms with Crippen molar-refractivity contribution in [2.24, 2.45) is 0 Å². The Bertz CT molecular complexity index is 949. The van der Waals surface area contributed by atoms with Crippen LogP contribution < -0.4 is 10.1 Å². The summed E-state index contributed by atoms with van der Waals surface area (Å²) in [6, 6.07) is 14.1. The van der Waals surface area contributed by atoms with E-state index in [1.54, 1.807) is 7.11 Å². The number of benzene rings is 2. The molecule has 6 heteroatoms. The summed E-state index contributed by atoms with van der Waals surface area (Å²) in [5.41, 5.74) is 3.90. The van der Waals surface area contributed by atoms with Gasteiger partial charge in [-0.2, -0.15) is 0 Å². The van der Waals surface area contributed by atoms with Gasteiger partial charge in [-0.25, -0.2) is 4.98 Å². The molecule has 1 aromatic heterocycles. The third kappa shape index (κ3) is 5.36. The van der Waals surface area contributed by atoms with Gasteiger partial charge < -0.3 is 10.1 Å². The van der Waals surface area contributed by atoms with Crippen LogP contribution in [-0.4, -0.2) is 23.3 Å². The number of hydrogen-bond donors (Lipinski definition) is 1. The summed E-state index contributed by atoms with van der Waals surface area (Å²) in [4.78, 5) is 18.1. The van der Waals surface area contributed by atoms with Crippen LogP contribution in [0.15, 0.2) is 52.7 Å². The number of aromatic nitrogens is 1. The number of carbonyl (C=O) groups is 1. The van der Waals surface area contributed by atoms with Crippen LogP contribution in [0.1, 0.15) is 25.0 Å². The number of thiazole rings is 1. The predicted molar refractivity (Wildman–Crippen MR) is 119 cm³/mol. The Labute approximate surface area is 174 Å². The molecule has 0 atom stereocenters. The average Bonchev–Trinajstić information content (AvgIpc) is 3.11. The Morgan fingerprint density at radius 2 is 1.96 bits per heavy atom. The molecule has 0 aliphatic carbocycles. The summed E-state index contributed by atoms with van der Waals surface area (Å²) in [5.74, 6) is 0.793. The largest absolute Gasteiger partial charge is 0.496 e. The number of rotatable bonds is 7. The molecule has 0 aliphatic heterocycles. The van der Waals surface area contributed by atoms with Crippen LogP contribution in [0.25, 0.3) is 11.3 Å². The molecule has 0 fully saturated rings. The zero-order valence-electron chi connectivity index (χ0n) is 16.5. The van der Waals surface area contributed by atoms with Crippen molar-refractivity contribution in [3.05, 3.63) is 59.0 Å². The molecule has 1 N–H and O–H groups in total. The molecule has 0 unspecified atom stereocenters. The monoisotopic (exact) mass is 412 g/mol. The Kier molecular flexibility index (Phi) is 6.75. The summed E-state index contributed by atoms with van der Waals surface area (Å²) in [6.45, 7) is 6.34. The lowest BCUT2D eigenvalue weighted by atomic mass is 10.1. The molecule has 0 spiro atoms. The molecular formula is C22H24N2O2S2. The predicted octanol–water partition coefficient (Wildman–Crippen LogP) is 5.81. The second-order valence-corrected chi connectivity index (χ2v) is 9.27. The van der Waals surface area contributed by atoms with Crippen molar-refractivity contribution in [2.45, 2.75) is 37.3 Å². The van der Waals surface area contributed by atoms with Crippen molar-refractivity contribution in [2.75, 3.05) is 12.4 Å². The van der Waals surface area contributed by atoms with Gasteiger partial charge in [0.15, 0.2) is 5.13 Å². The first-order valence-electron chi connectivity index (χ1n) is 9.10. The number of carbonyl (C=O) groups excluding carboxylic acids is 1. The number of nitrogens with zero attached hydrogens (tertiary/aromatic N) is 1. The molecule has 3 aromatic rings. The minimum Gasteiger partial charge on any atom is -0.496 e. The van der Waals surface area contributed by atoms with Gasteiger partial charge in [-0.05, 0) is 48.4 Å². The van der Waals surface area contributed by atoms with Crippen LogP contribution in [0.2, 0.25) is 0 Å². The van der Waals surface area contributed by atoms with Crippen molar-refractivity contribution in [3.63, 3.8) is 0 Å². The van der Waals surface area contributed by atoms with E-state index in [-0.39, 0.29) is 5.91 Å². The van der Waals surface area contributed by atoms with Gasteiger partial charge in [0.1, 0.15) is 5.75 Å². The van der Waals surface area contributed by atoms with Crippen LogP contribution in [0, 0.1) is 6.92 Å². The SMILES string of the molecule is COc1ccc(-c2csc(NC(=O)Cc3ccc(SC(C)C)cc3)n2)cc1C. The van der Waals surface area contributed by atoms with Crippen LogP contribution in [0.3, 0.4) is 0 Å². The van der Waals surface area contributed by atoms with Gasteiger partial charge in [-0.15, -0.1) is 23.1 Å². The summed E-state index contributed by atoms with van der Waals surface area (Å²) < 4.78 is 5.30. The maximum absolute atomic E-state index is 12.4. The third-order valence-electron chi connectivity index (χ3n) is 4.10. The van der Waals surface area contributed by atoms with Crippen LogP contribution in [-0.2, 0) is 11.2 Å². The average molecular weight is 413 g/mol. The van der Waals surface area contributed by atoms with Gasteiger partial charge in [0.05, 0.1) is 19.2 Å². The molecule has 1 amide bonds. The maximum atomic E-state index is 12.4. The Balaban J connectivity index is 1.61. The van der Waals surface area contributed by atoms with Gasteiger partial charge >= 0.3 is 0 Å². The zero-order valence-corrected chi connectivity index (χ0v) is 18.1. The molecule has 4 nitrogen and oxygen atoms in total. The van der Waals surface area contributed by atoms with E-state index in [4.69, 9.17) is 4.74 Å². The number of thioether (sulfide) groups is 1. The van der Waals surface area contributed by atoms with Gasteiger partial charge in [0.2, 0.25) is 5.91 Å². The Morgan fingerprint density at radius 3 is 2.61 bits per heavy atom. The molecule has 146 valence electrons. The van der Waals surface area contributed by atoms with Crippen LogP contribution in [0.4, 0.5) is 5.13 Å². The summed E-state index contributed by atoms with van der Waals surface area (Å²) in [6.07, 6.45) is 0.336. The van der Waals surface area contributed by atoms with Crippen LogP contribution in [0.5, 0.6) is 5.75 Å². The molecule has 1 heterocycles. The van der Waals surface area contributed by atoms with Gasteiger partial charge in [-0.3, -0.25) is 4.79 Å². The van der Waals surface area contributed by atoms with E-state index in [0.29, 0.717) is 16.8 Å². The number of hydrogen-bond acceptors (Lipinski definition) is 5. The van der Waals surface area contributed by atoms with Crippen molar-refractivity contribution in [3.8, 4) is 17.0 Å². The van der Waals surface area contributed by atoms with Crippen molar-refractivity contribution < 1.29 is 9.53 Å². The highest BCUT2D eigenvalue weighted by Crippen LogP contribution is 2.29. The summed E-state index contributed by atoms with van der Waals surface area (Å²) in [5, 5.41) is 6.01. The van der Waals surface area contributed by atoms with E-state index in [1.807, 2.05) is 54.4 Å². The second kappa shape index (κ2) is 9.26. The topological polar surface area (TPSA) is 51.2 Å². The molecule has 0 saturated heterocycles. The number of amides is 1. The molecule has 0 aliphatic rings. The number of ether oxygens (including phenoxy) is 1. The standard InChI is InChI=1S/C22H24N2O2S2/c1-14(2)28-18-8-5-16(6-9-18)12-21(25)24-22-23-19(13-27-22)17-7-10-20(26-4)15(3)11-17/h5-11,13-14H,12H2,1-4H3,(H,23,24,25). The van der Waals surface area contributed by atoms with E-state index in [0.717, 1.165) is 28.1 Å². The molecule has 3 rings (SSSR count). The minimum atomic E-state index is -0.0592. The maximum Gasteiger partial charge on any atom is 0.230 e. The van der Waals surface area contributed by atoms with Crippen molar-refractivity contribution in [1.29, 1.82) is 0 Å². The quantitative estimate of drug-likeness (QED) is 0.498. The fraction of sp³-hybridized carbons (Fsp3) is 0.273. The highest BCUT2D eigenvalue weighted by atomic mass is 32.2. The molecule has 0 bridgehead atoms. The first-order valence-corrected chi connectivity index (χ1v) is 10.9. The molecule has 0 radical (unpaired) electrons. The fourth-order valence-corrected chi connectivity index (χ4v) is 4.38. The normalized spacial score (nSPS) is 10.9. The van der Waals surface area contributed by atoms with E-state index in [1.165, 1.54) is 16.2 Å². The first kappa shape index (κ1) is 20.4. The number of anilines is 1. The van der Waals surface area contributed by atoms with E-state index in [2.05, 4.69) is 36.3 Å². The fourth-order valence-electron chi connectivity index (χ4n) is 2.81. The highest BCUT2D eigenvalue weighted by molar-refractivity contribution is 7.99. The zero-order chi connectivity index (χ0) is 20.1. The number of methoxy groups -OCH3 is 1. The molecular weight excluding hydrogens is 388 g/mol. The summed E-state index contributed by atoms with van der Waals surface area (Å²) >= 11 is 3.25. The van der Waals surface area contributed by atoms with Gasteiger partial charge in [0, 0.05) is 21.1 Å². The minimum absolute atomic E-state index is 0.0592. The van der Waals surface area contributed by atoms with Crippen molar-refractivity contribution in [1.82, 2.24) is 4.98 Å². The lowest BCUT2D eigenvalue weighted by Gasteiger charge is -2.06. The Hall–Kier alpha value is -2.31. The molecule has 2 aromatic carbocycles.